The molecular formula is C12H24N2O. The molecule has 3 atom stereocenters. The molecule has 1 heterocycles. The highest BCUT2D eigenvalue weighted by Crippen LogP contribution is 2.34. The Morgan fingerprint density at radius 3 is 2.53 bits per heavy atom. The monoisotopic (exact) mass is 212 g/mol. The van der Waals surface area contributed by atoms with Crippen molar-refractivity contribution in [2.45, 2.75) is 44.4 Å². The third kappa shape index (κ3) is 2.92. The normalized spacial score (nSPS) is 33.6. The summed E-state index contributed by atoms with van der Waals surface area (Å²) in [5.74, 6) is 0.935. The summed E-state index contributed by atoms with van der Waals surface area (Å²) in [6.07, 6.45) is 4.40. The van der Waals surface area contributed by atoms with Gasteiger partial charge in [-0.1, -0.05) is 0 Å². The first kappa shape index (κ1) is 11.4. The number of ether oxygens (including phenoxy) is 1. The van der Waals surface area contributed by atoms with Crippen LogP contribution in [-0.2, 0) is 4.74 Å². The van der Waals surface area contributed by atoms with Gasteiger partial charge in [0, 0.05) is 25.2 Å². The molecule has 3 heteroatoms. The van der Waals surface area contributed by atoms with Crippen LogP contribution in [0, 0.1) is 5.92 Å². The van der Waals surface area contributed by atoms with E-state index in [0.717, 1.165) is 25.1 Å². The molecule has 0 aromatic rings. The maximum absolute atomic E-state index is 5.56. The van der Waals surface area contributed by atoms with Crippen molar-refractivity contribution < 1.29 is 4.74 Å². The van der Waals surface area contributed by atoms with E-state index in [-0.39, 0.29) is 0 Å². The van der Waals surface area contributed by atoms with E-state index in [9.17, 15) is 0 Å². The second-order valence-corrected chi connectivity index (χ2v) is 5.25. The second kappa shape index (κ2) is 4.81. The number of nitrogens with zero attached hydrogens (tertiary/aromatic N) is 1. The maximum Gasteiger partial charge on any atom is 0.0700 e. The van der Waals surface area contributed by atoms with Crippen LogP contribution in [0.3, 0.4) is 0 Å². The second-order valence-electron chi connectivity index (χ2n) is 5.25. The van der Waals surface area contributed by atoms with Crippen molar-refractivity contribution in [2.75, 3.05) is 27.2 Å². The van der Waals surface area contributed by atoms with E-state index in [1.165, 1.54) is 19.3 Å². The molecule has 0 aromatic heterocycles. The largest absolute Gasteiger partial charge is 0.377 e. The quantitative estimate of drug-likeness (QED) is 0.738. The summed E-state index contributed by atoms with van der Waals surface area (Å²) in [4.78, 5) is 2.37. The average Bonchev–Trinajstić information content (AvgIpc) is 2.92. The molecule has 2 fully saturated rings. The lowest BCUT2D eigenvalue weighted by molar-refractivity contribution is 0.111. The van der Waals surface area contributed by atoms with Gasteiger partial charge in [0.2, 0.25) is 0 Å². The molecule has 2 aliphatic rings. The number of hydrogen-bond donors (Lipinski definition) is 1. The minimum absolute atomic E-state index is 0.395. The topological polar surface area (TPSA) is 24.5 Å². The van der Waals surface area contributed by atoms with Crippen LogP contribution in [0.1, 0.15) is 26.2 Å². The Morgan fingerprint density at radius 2 is 2.07 bits per heavy atom. The van der Waals surface area contributed by atoms with Crippen LogP contribution in [0.4, 0.5) is 0 Å². The van der Waals surface area contributed by atoms with E-state index in [1.54, 1.807) is 0 Å². The fourth-order valence-corrected chi connectivity index (χ4v) is 2.52. The zero-order chi connectivity index (χ0) is 10.8. The molecule has 1 saturated heterocycles. The lowest BCUT2D eigenvalue weighted by atomic mass is 10.1. The predicted octanol–water partition coefficient (Wildman–Crippen LogP) is 1.09. The van der Waals surface area contributed by atoms with Gasteiger partial charge in [0.1, 0.15) is 0 Å². The lowest BCUT2D eigenvalue weighted by Crippen LogP contribution is -2.45. The van der Waals surface area contributed by atoms with Gasteiger partial charge in [-0.2, -0.15) is 0 Å². The van der Waals surface area contributed by atoms with Gasteiger partial charge in [-0.3, -0.25) is 0 Å². The van der Waals surface area contributed by atoms with E-state index in [0.29, 0.717) is 12.1 Å². The zero-order valence-corrected chi connectivity index (χ0v) is 10.2. The summed E-state index contributed by atoms with van der Waals surface area (Å²) < 4.78 is 5.56. The molecule has 0 aromatic carbocycles. The molecule has 88 valence electrons. The molecule has 1 aliphatic carbocycles. The molecule has 1 aliphatic heterocycles. The van der Waals surface area contributed by atoms with Crippen LogP contribution in [-0.4, -0.2) is 50.3 Å². The standard InChI is InChI=1S/C12H24N2O/c1-9-11(6-7-15-9)13-8-12(14(2)3)10-4-5-10/h9-13H,4-8H2,1-3H3. The van der Waals surface area contributed by atoms with Gasteiger partial charge in [-0.15, -0.1) is 0 Å². The average molecular weight is 212 g/mol. The molecule has 1 N–H and O–H groups in total. The van der Waals surface area contributed by atoms with Gasteiger partial charge in [0.15, 0.2) is 0 Å². The number of hydrogen-bond acceptors (Lipinski definition) is 3. The van der Waals surface area contributed by atoms with E-state index in [1.807, 2.05) is 0 Å². The molecule has 15 heavy (non-hydrogen) atoms. The molecule has 3 nitrogen and oxygen atoms in total. The Bertz CT molecular complexity index is 202. The van der Waals surface area contributed by atoms with E-state index >= 15 is 0 Å². The van der Waals surface area contributed by atoms with Crippen LogP contribution in [0.15, 0.2) is 0 Å². The first-order valence-corrected chi connectivity index (χ1v) is 6.20. The van der Waals surface area contributed by atoms with Crippen molar-refractivity contribution in [2.24, 2.45) is 5.92 Å². The summed E-state index contributed by atoms with van der Waals surface area (Å²) in [5, 5.41) is 3.67. The van der Waals surface area contributed by atoms with E-state index < -0.39 is 0 Å². The van der Waals surface area contributed by atoms with Crippen molar-refractivity contribution in [3.05, 3.63) is 0 Å². The van der Waals surface area contributed by atoms with Crippen molar-refractivity contribution in [1.29, 1.82) is 0 Å². The fraction of sp³-hybridized carbons (Fsp3) is 1.00. The summed E-state index contributed by atoms with van der Waals surface area (Å²) >= 11 is 0. The van der Waals surface area contributed by atoms with Crippen LogP contribution in [0.2, 0.25) is 0 Å². The van der Waals surface area contributed by atoms with Gasteiger partial charge >= 0.3 is 0 Å². The van der Waals surface area contributed by atoms with Crippen LogP contribution < -0.4 is 5.32 Å². The number of rotatable bonds is 5. The molecule has 0 spiro atoms. The lowest BCUT2D eigenvalue weighted by Gasteiger charge is -2.27. The summed E-state index contributed by atoms with van der Waals surface area (Å²) in [6.45, 7) is 4.22. The Labute approximate surface area is 93.2 Å². The molecule has 0 bridgehead atoms. The van der Waals surface area contributed by atoms with Gasteiger partial charge in [-0.05, 0) is 46.2 Å². The number of likely N-dealkylation sites (N-methyl/N-ethyl adjacent to an activating group) is 1. The van der Waals surface area contributed by atoms with Crippen molar-refractivity contribution >= 4 is 0 Å². The molecule has 2 rings (SSSR count). The van der Waals surface area contributed by atoms with Crippen LogP contribution in [0.5, 0.6) is 0 Å². The number of nitrogens with one attached hydrogen (secondary N) is 1. The van der Waals surface area contributed by atoms with Gasteiger partial charge in [0.05, 0.1) is 6.10 Å². The smallest absolute Gasteiger partial charge is 0.0700 e. The first-order chi connectivity index (χ1) is 7.18. The van der Waals surface area contributed by atoms with Gasteiger partial charge in [-0.25, -0.2) is 0 Å². The van der Waals surface area contributed by atoms with Crippen molar-refractivity contribution in [3.8, 4) is 0 Å². The predicted molar refractivity (Wildman–Crippen MR) is 62.0 cm³/mol. The highest BCUT2D eigenvalue weighted by molar-refractivity contribution is 4.89. The highest BCUT2D eigenvalue weighted by atomic mass is 16.5. The highest BCUT2D eigenvalue weighted by Gasteiger charge is 2.33. The third-order valence-electron chi connectivity index (χ3n) is 3.79. The summed E-state index contributed by atoms with van der Waals surface area (Å²) in [6, 6.07) is 1.30. The third-order valence-corrected chi connectivity index (χ3v) is 3.79. The fourth-order valence-electron chi connectivity index (χ4n) is 2.52. The molecule has 3 unspecified atom stereocenters. The molecule has 1 saturated carbocycles. The van der Waals surface area contributed by atoms with Crippen molar-refractivity contribution in [1.82, 2.24) is 10.2 Å². The molecule has 0 amide bonds. The van der Waals surface area contributed by atoms with Crippen LogP contribution >= 0.6 is 0 Å². The minimum atomic E-state index is 0.395. The minimum Gasteiger partial charge on any atom is -0.377 e. The molecule has 0 radical (unpaired) electrons. The summed E-state index contributed by atoms with van der Waals surface area (Å²) in [5.41, 5.74) is 0. The first-order valence-electron chi connectivity index (χ1n) is 6.20. The van der Waals surface area contributed by atoms with E-state index in [2.05, 4.69) is 31.2 Å². The Hall–Kier alpha value is -0.120. The van der Waals surface area contributed by atoms with Crippen LogP contribution in [0.25, 0.3) is 0 Å². The Morgan fingerprint density at radius 1 is 1.33 bits per heavy atom. The van der Waals surface area contributed by atoms with E-state index in [4.69, 9.17) is 4.74 Å². The summed E-state index contributed by atoms with van der Waals surface area (Å²) in [7, 11) is 4.39. The van der Waals surface area contributed by atoms with Gasteiger partial charge in [0.25, 0.3) is 0 Å². The Kier molecular flexibility index (Phi) is 3.65. The van der Waals surface area contributed by atoms with Crippen molar-refractivity contribution in [3.63, 3.8) is 0 Å². The SMILES string of the molecule is CC1OCCC1NCC(C1CC1)N(C)C. The van der Waals surface area contributed by atoms with Gasteiger partial charge < -0.3 is 15.0 Å². The maximum atomic E-state index is 5.56. The zero-order valence-electron chi connectivity index (χ0n) is 10.2. The Balaban J connectivity index is 1.75. The molecular weight excluding hydrogens is 188 g/mol.